The molecule has 0 aromatic carbocycles. The molecule has 0 atom stereocenters. The number of nitrogens with zero attached hydrogens (tertiary/aromatic N) is 2. The number of rotatable bonds is 2. The molecule has 0 saturated heterocycles. The van der Waals surface area contributed by atoms with Gasteiger partial charge in [-0.25, -0.2) is 4.98 Å². The van der Waals surface area contributed by atoms with Gasteiger partial charge in [0.1, 0.15) is 0 Å². The molecule has 7 heteroatoms. The highest BCUT2D eigenvalue weighted by Crippen LogP contribution is 2.39. The van der Waals surface area contributed by atoms with E-state index in [1.807, 2.05) is 13.0 Å². The Hall–Kier alpha value is -1.89. The van der Waals surface area contributed by atoms with Crippen molar-refractivity contribution < 1.29 is 17.7 Å². The van der Waals surface area contributed by atoms with Crippen molar-refractivity contribution in [2.45, 2.75) is 26.4 Å². The molecule has 3 heterocycles. The summed E-state index contributed by atoms with van der Waals surface area (Å²) in [6.07, 6.45) is -3.64. The van der Waals surface area contributed by atoms with E-state index in [4.69, 9.17) is 4.52 Å². The highest BCUT2D eigenvalue weighted by molar-refractivity contribution is 7.15. The van der Waals surface area contributed by atoms with Gasteiger partial charge in [0.25, 0.3) is 5.71 Å². The number of fused-ring (bicyclic) bond motifs is 1. The third-order valence-electron chi connectivity index (χ3n) is 3.19. The number of aromatic nitrogens is 2. The normalized spacial score (nSPS) is 12.2. The van der Waals surface area contributed by atoms with Gasteiger partial charge >= 0.3 is 6.18 Å². The Morgan fingerprint density at radius 2 is 2.05 bits per heavy atom. The van der Waals surface area contributed by atoms with Gasteiger partial charge < -0.3 is 4.52 Å². The second-order valence-electron chi connectivity index (χ2n) is 4.62. The summed E-state index contributed by atoms with van der Waals surface area (Å²) in [6, 6.07) is 4.74. The molecule has 0 aliphatic carbocycles. The first-order valence-corrected chi connectivity index (χ1v) is 7.15. The molecule has 0 radical (unpaired) electrons. The number of hydrogen-bond acceptors (Lipinski definition) is 4. The summed E-state index contributed by atoms with van der Waals surface area (Å²) in [7, 11) is 0. The van der Waals surface area contributed by atoms with Gasteiger partial charge in [0.05, 0.1) is 27.2 Å². The number of hydrogen-bond donors (Lipinski definition) is 0. The Morgan fingerprint density at radius 3 is 2.67 bits per heavy atom. The molecule has 3 nitrogen and oxygen atoms in total. The van der Waals surface area contributed by atoms with Crippen LogP contribution in [0.4, 0.5) is 13.2 Å². The third-order valence-corrected chi connectivity index (χ3v) is 4.44. The van der Waals surface area contributed by atoms with Crippen LogP contribution in [0.5, 0.6) is 0 Å². The van der Waals surface area contributed by atoms with Gasteiger partial charge in [-0.1, -0.05) is 12.1 Å². The van der Waals surface area contributed by atoms with Gasteiger partial charge in [-0.15, -0.1) is 11.3 Å². The summed E-state index contributed by atoms with van der Waals surface area (Å²) in [5, 5.41) is 3.52. The lowest BCUT2D eigenvalue weighted by molar-refractivity contribution is -0.136. The fourth-order valence-electron chi connectivity index (χ4n) is 2.15. The van der Waals surface area contributed by atoms with Gasteiger partial charge in [0.2, 0.25) is 0 Å². The lowest BCUT2D eigenvalue weighted by Gasteiger charge is -2.09. The maximum absolute atomic E-state index is 13.2. The van der Waals surface area contributed by atoms with Crippen LogP contribution in [0.15, 0.2) is 22.7 Å². The van der Waals surface area contributed by atoms with Crippen LogP contribution in [0.25, 0.3) is 21.7 Å². The average molecular weight is 312 g/mol. The van der Waals surface area contributed by atoms with E-state index >= 15 is 0 Å². The Balaban J connectivity index is 2.26. The molecule has 0 saturated carbocycles. The largest absolute Gasteiger partial charge is 0.417 e. The number of alkyl halides is 3. The molecule has 0 aliphatic rings. The van der Waals surface area contributed by atoms with Crippen molar-refractivity contribution in [3.05, 3.63) is 34.3 Å². The zero-order chi connectivity index (χ0) is 15.2. The van der Waals surface area contributed by atoms with Crippen LogP contribution in [-0.2, 0) is 12.6 Å². The second-order valence-corrected chi connectivity index (χ2v) is 5.79. The molecule has 0 N–H and O–H groups in total. The topological polar surface area (TPSA) is 38.9 Å². The molecule has 0 aliphatic heterocycles. The van der Waals surface area contributed by atoms with Crippen LogP contribution in [0.3, 0.4) is 0 Å². The smallest absolute Gasteiger partial charge is 0.336 e. The van der Waals surface area contributed by atoms with E-state index in [1.165, 1.54) is 18.3 Å². The molecular weight excluding hydrogens is 301 g/mol. The zero-order valence-corrected chi connectivity index (χ0v) is 12.1. The van der Waals surface area contributed by atoms with Gasteiger partial charge in [0.15, 0.2) is 0 Å². The average Bonchev–Trinajstić information content (AvgIpc) is 3.04. The van der Waals surface area contributed by atoms with Crippen molar-refractivity contribution in [1.29, 1.82) is 0 Å². The van der Waals surface area contributed by atoms with E-state index in [-0.39, 0.29) is 22.5 Å². The highest BCUT2D eigenvalue weighted by Gasteiger charge is 2.35. The van der Waals surface area contributed by atoms with E-state index in [0.29, 0.717) is 4.88 Å². The van der Waals surface area contributed by atoms with Crippen molar-refractivity contribution in [2.75, 3.05) is 0 Å². The van der Waals surface area contributed by atoms with Crippen LogP contribution in [0, 0.1) is 6.92 Å². The summed E-state index contributed by atoms with van der Waals surface area (Å²) in [6.45, 7) is 3.47. The van der Waals surface area contributed by atoms with Crippen molar-refractivity contribution in [3.8, 4) is 10.6 Å². The molecule has 0 spiro atoms. The minimum Gasteiger partial charge on any atom is -0.336 e. The first kappa shape index (κ1) is 14.1. The molecule has 21 heavy (non-hydrogen) atoms. The van der Waals surface area contributed by atoms with Gasteiger partial charge in [0, 0.05) is 4.88 Å². The Morgan fingerprint density at radius 1 is 1.29 bits per heavy atom. The Bertz CT molecular complexity index is 804. The highest BCUT2D eigenvalue weighted by atomic mass is 32.1. The Labute approximate surface area is 122 Å². The van der Waals surface area contributed by atoms with Crippen molar-refractivity contribution in [2.24, 2.45) is 0 Å². The zero-order valence-electron chi connectivity index (χ0n) is 11.3. The summed E-state index contributed by atoms with van der Waals surface area (Å²) < 4.78 is 44.7. The molecule has 0 bridgehead atoms. The van der Waals surface area contributed by atoms with E-state index < -0.39 is 11.7 Å². The molecule has 0 amide bonds. The number of pyridine rings is 1. The minimum absolute atomic E-state index is 0.0708. The van der Waals surface area contributed by atoms with Gasteiger partial charge in [-0.05, 0) is 31.5 Å². The summed E-state index contributed by atoms with van der Waals surface area (Å²) in [5.41, 5.74) is -0.385. The fraction of sp³-hybridized carbons (Fsp3) is 0.286. The van der Waals surface area contributed by atoms with E-state index in [0.717, 1.165) is 17.4 Å². The fourth-order valence-corrected chi connectivity index (χ4v) is 3.06. The molecule has 3 rings (SSSR count). The monoisotopic (exact) mass is 312 g/mol. The quantitative estimate of drug-likeness (QED) is 0.679. The number of thiophene rings is 1. The second kappa shape index (κ2) is 4.84. The lowest BCUT2D eigenvalue weighted by atomic mass is 10.1. The van der Waals surface area contributed by atoms with E-state index in [9.17, 15) is 13.2 Å². The van der Waals surface area contributed by atoms with E-state index in [2.05, 4.69) is 10.1 Å². The van der Waals surface area contributed by atoms with Gasteiger partial charge in [-0.2, -0.15) is 13.2 Å². The predicted octanol–water partition coefficient (Wildman–Crippen LogP) is 4.84. The van der Waals surface area contributed by atoms with Crippen molar-refractivity contribution in [3.63, 3.8) is 0 Å². The summed E-state index contributed by atoms with van der Waals surface area (Å²) in [5.74, 6) is 0. The van der Waals surface area contributed by atoms with E-state index in [1.54, 1.807) is 6.07 Å². The minimum atomic E-state index is -4.48. The van der Waals surface area contributed by atoms with Crippen molar-refractivity contribution in [1.82, 2.24) is 10.1 Å². The number of halogens is 3. The molecule has 3 aromatic heterocycles. The first-order valence-electron chi connectivity index (χ1n) is 6.33. The maximum Gasteiger partial charge on any atom is 0.417 e. The summed E-state index contributed by atoms with van der Waals surface area (Å²) >= 11 is 1.43. The number of aryl methyl sites for hydroxylation is 2. The van der Waals surface area contributed by atoms with Crippen LogP contribution in [0.2, 0.25) is 0 Å². The molecular formula is C14H11F3N2OS. The summed E-state index contributed by atoms with van der Waals surface area (Å²) in [4.78, 5) is 5.95. The van der Waals surface area contributed by atoms with Crippen LogP contribution in [0.1, 0.15) is 23.1 Å². The Kier molecular flexibility index (Phi) is 3.24. The molecule has 3 aromatic rings. The molecule has 110 valence electrons. The van der Waals surface area contributed by atoms with Crippen LogP contribution < -0.4 is 0 Å². The molecule has 0 fully saturated rings. The predicted molar refractivity (Wildman–Crippen MR) is 74.2 cm³/mol. The first-order chi connectivity index (χ1) is 9.90. The van der Waals surface area contributed by atoms with Crippen molar-refractivity contribution >= 4 is 22.4 Å². The SMILES string of the molecule is CCc1ccc(-c2cc(C(F)(F)F)c3c(C)noc3n2)s1. The standard InChI is InChI=1S/C14H11F3N2OS/c1-3-8-4-5-11(21-8)10-6-9(14(15,16)17)12-7(2)19-20-13(12)18-10/h4-6H,3H2,1-2H3. The van der Waals surface area contributed by atoms with Gasteiger partial charge in [-0.3, -0.25) is 0 Å². The molecule has 0 unspecified atom stereocenters. The third kappa shape index (κ3) is 2.42. The van der Waals surface area contributed by atoms with Crippen LogP contribution >= 0.6 is 11.3 Å². The maximum atomic E-state index is 13.2. The van der Waals surface area contributed by atoms with Crippen LogP contribution in [-0.4, -0.2) is 10.1 Å². The lowest BCUT2D eigenvalue weighted by Crippen LogP contribution is -2.07.